The van der Waals surface area contributed by atoms with E-state index in [-0.39, 0.29) is 5.91 Å². The third-order valence-corrected chi connectivity index (χ3v) is 3.57. The molecule has 1 saturated heterocycles. The van der Waals surface area contributed by atoms with E-state index in [2.05, 4.69) is 0 Å². The highest BCUT2D eigenvalue weighted by Gasteiger charge is 2.40. The molecule has 1 heterocycles. The first kappa shape index (κ1) is 13.0. The number of nitrogens with zero attached hydrogens (tertiary/aromatic N) is 1. The fourth-order valence-electron chi connectivity index (χ4n) is 2.14. The van der Waals surface area contributed by atoms with Gasteiger partial charge in [0.1, 0.15) is 5.54 Å². The van der Waals surface area contributed by atoms with Gasteiger partial charge in [-0.1, -0.05) is 19.8 Å². The average Bonchev–Trinajstić information content (AvgIpc) is 2.23. The third kappa shape index (κ3) is 2.54. The first-order valence-electron chi connectivity index (χ1n) is 6.06. The summed E-state index contributed by atoms with van der Waals surface area (Å²) in [6, 6.07) is 0. The molecular formula is C12H21NO3. The van der Waals surface area contributed by atoms with Crippen LogP contribution in [0, 0.1) is 0 Å². The number of rotatable bonds is 3. The molecule has 0 aromatic carbocycles. The van der Waals surface area contributed by atoms with Crippen LogP contribution >= 0.6 is 0 Å². The van der Waals surface area contributed by atoms with Crippen LogP contribution in [0.3, 0.4) is 0 Å². The second kappa shape index (κ2) is 5.32. The van der Waals surface area contributed by atoms with E-state index < -0.39 is 11.5 Å². The standard InChI is InChI=1S/C12H21NO3/c1-3-12(2,11(15)16)13-9-7-5-4-6-8-10(13)14/h3-9H2,1-2H3,(H,15,16). The highest BCUT2D eigenvalue weighted by molar-refractivity contribution is 5.86. The van der Waals surface area contributed by atoms with Gasteiger partial charge in [0.25, 0.3) is 0 Å². The number of amides is 1. The molecule has 0 aromatic rings. The molecule has 4 heteroatoms. The predicted octanol–water partition coefficient (Wildman–Crippen LogP) is 2.03. The Bertz CT molecular complexity index is 277. The van der Waals surface area contributed by atoms with Crippen LogP contribution in [-0.4, -0.2) is 34.0 Å². The van der Waals surface area contributed by atoms with Crippen molar-refractivity contribution in [2.45, 2.75) is 57.9 Å². The number of carboxylic acids is 1. The monoisotopic (exact) mass is 227 g/mol. The van der Waals surface area contributed by atoms with Gasteiger partial charge in [0.05, 0.1) is 0 Å². The maximum absolute atomic E-state index is 11.9. The van der Waals surface area contributed by atoms with E-state index >= 15 is 0 Å². The van der Waals surface area contributed by atoms with E-state index in [0.29, 0.717) is 19.4 Å². The van der Waals surface area contributed by atoms with E-state index in [1.165, 1.54) is 0 Å². The minimum absolute atomic E-state index is 0.00792. The van der Waals surface area contributed by atoms with Crippen LogP contribution in [0.15, 0.2) is 0 Å². The molecule has 1 amide bonds. The van der Waals surface area contributed by atoms with Crippen molar-refractivity contribution in [1.82, 2.24) is 4.90 Å². The quantitative estimate of drug-likeness (QED) is 0.802. The second-order valence-electron chi connectivity index (χ2n) is 4.64. The van der Waals surface area contributed by atoms with Gasteiger partial charge < -0.3 is 10.0 Å². The Kier molecular flexibility index (Phi) is 4.33. The first-order chi connectivity index (χ1) is 7.52. The number of carbonyl (C=O) groups excluding carboxylic acids is 1. The summed E-state index contributed by atoms with van der Waals surface area (Å²) in [4.78, 5) is 24.8. The van der Waals surface area contributed by atoms with Crippen molar-refractivity contribution in [3.63, 3.8) is 0 Å². The SMILES string of the molecule is CCC(C)(C(=O)O)N1CCCCCCC1=O. The van der Waals surface area contributed by atoms with E-state index in [1.807, 2.05) is 6.92 Å². The van der Waals surface area contributed by atoms with Crippen LogP contribution < -0.4 is 0 Å². The lowest BCUT2D eigenvalue weighted by atomic mass is 9.94. The van der Waals surface area contributed by atoms with Gasteiger partial charge in [-0.3, -0.25) is 4.79 Å². The van der Waals surface area contributed by atoms with E-state index in [1.54, 1.807) is 11.8 Å². The summed E-state index contributed by atoms with van der Waals surface area (Å²) in [6.07, 6.45) is 4.90. The molecule has 1 N–H and O–H groups in total. The van der Waals surface area contributed by atoms with Crippen LogP contribution in [0.4, 0.5) is 0 Å². The molecule has 4 nitrogen and oxygen atoms in total. The van der Waals surface area contributed by atoms with Crippen molar-refractivity contribution in [2.24, 2.45) is 0 Å². The van der Waals surface area contributed by atoms with Crippen molar-refractivity contribution in [1.29, 1.82) is 0 Å². The number of hydrogen-bond donors (Lipinski definition) is 1. The molecule has 0 spiro atoms. The highest BCUT2D eigenvalue weighted by Crippen LogP contribution is 2.24. The zero-order valence-electron chi connectivity index (χ0n) is 10.2. The van der Waals surface area contributed by atoms with Crippen molar-refractivity contribution in [3.8, 4) is 0 Å². The summed E-state index contributed by atoms with van der Waals surface area (Å²) in [7, 11) is 0. The summed E-state index contributed by atoms with van der Waals surface area (Å²) >= 11 is 0. The zero-order chi connectivity index (χ0) is 12.2. The molecule has 0 aliphatic carbocycles. The van der Waals surface area contributed by atoms with Crippen molar-refractivity contribution in [3.05, 3.63) is 0 Å². The van der Waals surface area contributed by atoms with Gasteiger partial charge in [-0.25, -0.2) is 4.79 Å². The van der Waals surface area contributed by atoms with E-state index in [0.717, 1.165) is 25.7 Å². The molecule has 0 saturated carbocycles. The Morgan fingerprint density at radius 3 is 2.56 bits per heavy atom. The first-order valence-corrected chi connectivity index (χ1v) is 6.06. The van der Waals surface area contributed by atoms with Crippen LogP contribution in [0.5, 0.6) is 0 Å². The number of aliphatic carboxylic acids is 1. The lowest BCUT2D eigenvalue weighted by Crippen LogP contribution is -2.55. The summed E-state index contributed by atoms with van der Waals surface area (Å²) in [5.41, 5.74) is -1.03. The summed E-state index contributed by atoms with van der Waals surface area (Å²) in [6.45, 7) is 4.05. The highest BCUT2D eigenvalue weighted by atomic mass is 16.4. The Hall–Kier alpha value is -1.06. The van der Waals surface area contributed by atoms with Gasteiger partial charge in [0, 0.05) is 13.0 Å². The predicted molar refractivity (Wildman–Crippen MR) is 61.1 cm³/mol. The van der Waals surface area contributed by atoms with E-state index in [9.17, 15) is 14.7 Å². The normalized spacial score (nSPS) is 22.1. The minimum atomic E-state index is -1.03. The maximum atomic E-state index is 11.9. The fraction of sp³-hybridized carbons (Fsp3) is 0.833. The zero-order valence-corrected chi connectivity index (χ0v) is 10.2. The maximum Gasteiger partial charge on any atom is 0.329 e. The Labute approximate surface area is 96.6 Å². The van der Waals surface area contributed by atoms with Crippen LogP contribution in [0.25, 0.3) is 0 Å². The molecule has 1 atom stereocenters. The van der Waals surface area contributed by atoms with Gasteiger partial charge in [-0.05, 0) is 26.2 Å². The molecule has 1 rings (SSSR count). The number of carbonyl (C=O) groups is 2. The number of carboxylic acid groups (broad SMARTS) is 1. The number of hydrogen-bond acceptors (Lipinski definition) is 2. The van der Waals surface area contributed by atoms with Gasteiger partial charge in [-0.15, -0.1) is 0 Å². The minimum Gasteiger partial charge on any atom is -0.480 e. The molecule has 0 bridgehead atoms. The molecule has 1 aliphatic rings. The Morgan fingerprint density at radius 1 is 1.38 bits per heavy atom. The molecule has 1 unspecified atom stereocenters. The van der Waals surface area contributed by atoms with E-state index in [4.69, 9.17) is 0 Å². The molecule has 16 heavy (non-hydrogen) atoms. The molecule has 1 fully saturated rings. The largest absolute Gasteiger partial charge is 0.480 e. The van der Waals surface area contributed by atoms with Gasteiger partial charge in [-0.2, -0.15) is 0 Å². The van der Waals surface area contributed by atoms with Crippen molar-refractivity contribution >= 4 is 11.9 Å². The van der Waals surface area contributed by atoms with Gasteiger partial charge in [0.15, 0.2) is 0 Å². The van der Waals surface area contributed by atoms with Crippen LogP contribution in [-0.2, 0) is 9.59 Å². The molecule has 0 aromatic heterocycles. The smallest absolute Gasteiger partial charge is 0.329 e. The fourth-order valence-corrected chi connectivity index (χ4v) is 2.14. The summed E-state index contributed by atoms with van der Waals surface area (Å²) < 4.78 is 0. The molecular weight excluding hydrogens is 206 g/mol. The van der Waals surface area contributed by atoms with Crippen molar-refractivity contribution in [2.75, 3.05) is 6.54 Å². The lowest BCUT2D eigenvalue weighted by molar-refractivity contribution is -0.159. The summed E-state index contributed by atoms with van der Waals surface area (Å²) in [5, 5.41) is 9.27. The molecule has 1 aliphatic heterocycles. The third-order valence-electron chi connectivity index (χ3n) is 3.57. The van der Waals surface area contributed by atoms with Gasteiger partial charge in [0.2, 0.25) is 5.91 Å². The molecule has 0 radical (unpaired) electrons. The number of likely N-dealkylation sites (tertiary alicyclic amines) is 1. The Morgan fingerprint density at radius 2 is 2.00 bits per heavy atom. The summed E-state index contributed by atoms with van der Waals surface area (Å²) in [5.74, 6) is -0.907. The Balaban J connectivity index is 2.87. The average molecular weight is 227 g/mol. The lowest BCUT2D eigenvalue weighted by Gasteiger charge is -2.38. The second-order valence-corrected chi connectivity index (χ2v) is 4.64. The van der Waals surface area contributed by atoms with Crippen LogP contribution in [0.1, 0.15) is 52.4 Å². The van der Waals surface area contributed by atoms with Gasteiger partial charge >= 0.3 is 5.97 Å². The molecule has 92 valence electrons. The van der Waals surface area contributed by atoms with Crippen LogP contribution in [0.2, 0.25) is 0 Å². The topological polar surface area (TPSA) is 57.6 Å². The van der Waals surface area contributed by atoms with Crippen molar-refractivity contribution < 1.29 is 14.7 Å².